The quantitative estimate of drug-likeness (QED) is 0.312. The molecule has 31 heavy (non-hydrogen) atoms. The molecule has 0 bridgehead atoms. The number of aromatic nitrogens is 3. The van der Waals surface area contributed by atoms with Crippen molar-refractivity contribution in [2.24, 2.45) is 0 Å². The second kappa shape index (κ2) is 8.33. The maximum Gasteiger partial charge on any atom is 0.228 e. The van der Waals surface area contributed by atoms with Gasteiger partial charge in [-0.25, -0.2) is 4.98 Å². The zero-order chi connectivity index (χ0) is 21.4. The molecule has 0 aliphatic carbocycles. The number of nitrogens with zero attached hydrogens (tertiary/aromatic N) is 3. The molecule has 1 aromatic carbocycles. The second-order valence-corrected chi connectivity index (χ2v) is 10.2. The van der Waals surface area contributed by atoms with Gasteiger partial charge in [0.2, 0.25) is 11.1 Å². The van der Waals surface area contributed by atoms with Crippen LogP contribution >= 0.6 is 34.4 Å². The number of carbonyl (C=O) groups is 2. The molecule has 1 aliphatic rings. The van der Waals surface area contributed by atoms with Gasteiger partial charge in [0.25, 0.3) is 0 Å². The number of hydrogen-bond donors (Lipinski definition) is 1. The molecule has 1 aliphatic heterocycles. The van der Waals surface area contributed by atoms with Gasteiger partial charge in [-0.1, -0.05) is 23.9 Å². The van der Waals surface area contributed by atoms with Crippen molar-refractivity contribution in [1.82, 2.24) is 15.2 Å². The van der Waals surface area contributed by atoms with E-state index in [0.29, 0.717) is 17.1 Å². The first-order valence-electron chi connectivity index (χ1n) is 9.54. The fourth-order valence-electron chi connectivity index (χ4n) is 3.35. The topological polar surface area (TPSA) is 84.8 Å². The van der Waals surface area contributed by atoms with Gasteiger partial charge in [-0.15, -0.1) is 32.9 Å². The number of fused-ring (bicyclic) bond motifs is 1. The van der Waals surface area contributed by atoms with Crippen LogP contribution in [-0.2, 0) is 11.2 Å². The van der Waals surface area contributed by atoms with Crippen LogP contribution in [0.25, 0.3) is 21.1 Å². The molecule has 1 atom stereocenters. The van der Waals surface area contributed by atoms with Crippen LogP contribution in [0, 0.1) is 0 Å². The van der Waals surface area contributed by atoms with Gasteiger partial charge in [0.15, 0.2) is 5.78 Å². The van der Waals surface area contributed by atoms with Crippen molar-refractivity contribution < 1.29 is 9.59 Å². The fraction of sp³-hybridized carbons (Fsp3) is 0.136. The number of thioether (sulfide) groups is 1. The Hall–Kier alpha value is -2.88. The third kappa shape index (κ3) is 4.04. The molecule has 1 N–H and O–H groups in total. The summed E-state index contributed by atoms with van der Waals surface area (Å²) < 4.78 is 0. The minimum atomic E-state index is -0.395. The summed E-state index contributed by atoms with van der Waals surface area (Å²) in [5, 5.41) is 15.6. The Labute approximate surface area is 190 Å². The number of rotatable bonds is 6. The van der Waals surface area contributed by atoms with Crippen molar-refractivity contribution in [3.63, 3.8) is 0 Å². The molecule has 9 heteroatoms. The standard InChI is InChI=1S/C22H16N4O2S3/c1-12(21(28)13-6-7-15-14(10-13)11-18(27)23-15)31-22-24-19(16-4-2-8-29-16)20(25-26-22)17-5-3-9-30-17/h2-10,12H,11H2,1H3,(H,23,27)/t12-/m1/s1. The Morgan fingerprint density at radius 3 is 2.52 bits per heavy atom. The van der Waals surface area contributed by atoms with Crippen LogP contribution < -0.4 is 5.32 Å². The van der Waals surface area contributed by atoms with Crippen LogP contribution in [0.1, 0.15) is 22.8 Å². The first kappa shape index (κ1) is 20.0. The number of Topliss-reactive ketones (excluding diaryl/α,β-unsaturated/α-hetero) is 1. The number of nitrogens with one attached hydrogen (secondary N) is 1. The highest BCUT2D eigenvalue weighted by Crippen LogP contribution is 2.35. The molecule has 6 nitrogen and oxygen atoms in total. The Bertz CT molecular complexity index is 1270. The van der Waals surface area contributed by atoms with E-state index >= 15 is 0 Å². The lowest BCUT2D eigenvalue weighted by atomic mass is 10.0. The van der Waals surface area contributed by atoms with Crippen LogP contribution in [0.2, 0.25) is 0 Å². The smallest absolute Gasteiger partial charge is 0.228 e. The molecule has 0 fully saturated rings. The van der Waals surface area contributed by atoms with Crippen LogP contribution in [0.3, 0.4) is 0 Å². The van der Waals surface area contributed by atoms with Gasteiger partial charge in [-0.05, 0) is 53.6 Å². The summed E-state index contributed by atoms with van der Waals surface area (Å²) >= 11 is 4.47. The Morgan fingerprint density at radius 1 is 1.06 bits per heavy atom. The van der Waals surface area contributed by atoms with Crippen LogP contribution in [0.5, 0.6) is 0 Å². The van der Waals surface area contributed by atoms with Crippen LogP contribution in [0.15, 0.2) is 58.4 Å². The summed E-state index contributed by atoms with van der Waals surface area (Å²) in [4.78, 5) is 31.3. The van der Waals surface area contributed by atoms with Gasteiger partial charge in [0, 0.05) is 11.3 Å². The van der Waals surface area contributed by atoms with E-state index in [1.807, 2.05) is 41.9 Å². The Balaban J connectivity index is 1.41. The molecule has 0 saturated carbocycles. The van der Waals surface area contributed by atoms with E-state index in [-0.39, 0.29) is 11.7 Å². The monoisotopic (exact) mass is 464 g/mol. The van der Waals surface area contributed by atoms with E-state index in [2.05, 4.69) is 15.5 Å². The van der Waals surface area contributed by atoms with Gasteiger partial charge in [0.1, 0.15) is 11.4 Å². The van der Waals surface area contributed by atoms with Crippen molar-refractivity contribution in [3.05, 3.63) is 64.4 Å². The zero-order valence-corrected chi connectivity index (χ0v) is 18.8. The van der Waals surface area contributed by atoms with Gasteiger partial charge in [-0.2, -0.15) is 0 Å². The first-order valence-corrected chi connectivity index (χ1v) is 12.2. The minimum absolute atomic E-state index is 0.0317. The van der Waals surface area contributed by atoms with Crippen molar-refractivity contribution >= 4 is 51.8 Å². The second-order valence-electron chi connectivity index (χ2n) is 6.97. The average molecular weight is 465 g/mol. The first-order chi connectivity index (χ1) is 15.1. The summed E-state index contributed by atoms with van der Waals surface area (Å²) in [6.45, 7) is 1.84. The highest BCUT2D eigenvalue weighted by Gasteiger charge is 2.24. The summed E-state index contributed by atoms with van der Waals surface area (Å²) in [6, 6.07) is 13.3. The lowest BCUT2D eigenvalue weighted by Gasteiger charge is -2.11. The molecule has 0 spiro atoms. The van der Waals surface area contributed by atoms with Crippen LogP contribution in [-0.4, -0.2) is 32.1 Å². The van der Waals surface area contributed by atoms with Gasteiger partial charge in [0.05, 0.1) is 21.4 Å². The molecular weight excluding hydrogens is 448 g/mol. The molecule has 3 aromatic heterocycles. The van der Waals surface area contributed by atoms with E-state index in [9.17, 15) is 9.59 Å². The van der Waals surface area contributed by atoms with E-state index in [1.165, 1.54) is 11.8 Å². The van der Waals surface area contributed by atoms with E-state index in [1.54, 1.807) is 40.9 Å². The molecule has 0 unspecified atom stereocenters. The highest BCUT2D eigenvalue weighted by molar-refractivity contribution is 8.00. The predicted molar refractivity (Wildman–Crippen MR) is 125 cm³/mol. The maximum absolute atomic E-state index is 13.0. The highest BCUT2D eigenvalue weighted by atomic mass is 32.2. The van der Waals surface area contributed by atoms with Crippen molar-refractivity contribution in [2.75, 3.05) is 5.32 Å². The molecular formula is C22H16N4O2S3. The minimum Gasteiger partial charge on any atom is -0.326 e. The third-order valence-corrected chi connectivity index (χ3v) is 7.55. The number of hydrogen-bond acceptors (Lipinski definition) is 8. The summed E-state index contributed by atoms with van der Waals surface area (Å²) in [6.07, 6.45) is 0.305. The number of thiophene rings is 2. The number of ketones is 1. The normalized spacial score (nSPS) is 13.6. The van der Waals surface area contributed by atoms with Crippen LogP contribution in [0.4, 0.5) is 5.69 Å². The SMILES string of the molecule is C[C@@H](Sc1nnc(-c2cccs2)c(-c2cccs2)n1)C(=O)c1ccc2c(c1)CC(=O)N2. The molecule has 5 rings (SSSR count). The van der Waals surface area contributed by atoms with E-state index < -0.39 is 5.25 Å². The maximum atomic E-state index is 13.0. The fourth-order valence-corrected chi connectivity index (χ4v) is 5.57. The van der Waals surface area contributed by atoms with Gasteiger partial charge in [-0.3, -0.25) is 9.59 Å². The molecule has 0 radical (unpaired) electrons. The summed E-state index contributed by atoms with van der Waals surface area (Å²) in [5.74, 6) is -0.0795. The lowest BCUT2D eigenvalue weighted by molar-refractivity contribution is -0.115. The summed E-state index contributed by atoms with van der Waals surface area (Å²) in [7, 11) is 0. The molecule has 4 aromatic rings. The van der Waals surface area contributed by atoms with Crippen molar-refractivity contribution in [2.45, 2.75) is 23.8 Å². The Morgan fingerprint density at radius 2 is 1.81 bits per heavy atom. The van der Waals surface area contributed by atoms with Gasteiger partial charge >= 0.3 is 0 Å². The molecule has 0 saturated heterocycles. The molecule has 4 heterocycles. The van der Waals surface area contributed by atoms with Crippen molar-refractivity contribution in [3.8, 4) is 21.1 Å². The van der Waals surface area contributed by atoms with E-state index in [0.717, 1.165) is 32.4 Å². The number of anilines is 1. The lowest BCUT2D eigenvalue weighted by Crippen LogP contribution is -2.14. The number of carbonyl (C=O) groups excluding carboxylic acids is 2. The van der Waals surface area contributed by atoms with Crippen molar-refractivity contribution in [1.29, 1.82) is 0 Å². The molecule has 154 valence electrons. The average Bonchev–Trinajstić information content (AvgIpc) is 3.53. The molecule has 1 amide bonds. The zero-order valence-electron chi connectivity index (χ0n) is 16.4. The predicted octanol–water partition coefficient (Wildman–Crippen LogP) is 5.19. The number of benzene rings is 1. The largest absolute Gasteiger partial charge is 0.326 e. The third-order valence-electron chi connectivity index (χ3n) is 4.84. The van der Waals surface area contributed by atoms with E-state index in [4.69, 9.17) is 4.98 Å². The Kier molecular flexibility index (Phi) is 5.39. The van der Waals surface area contributed by atoms with Gasteiger partial charge < -0.3 is 5.32 Å². The summed E-state index contributed by atoms with van der Waals surface area (Å²) in [5.41, 5.74) is 3.73. The number of amides is 1.